The number of rotatable bonds is 4. The molecule has 86 valence electrons. The molecule has 0 saturated carbocycles. The molecular formula is C14H19NO. The topological polar surface area (TPSA) is 20.3 Å². The van der Waals surface area contributed by atoms with Crippen LogP contribution in [0.5, 0.6) is 0 Å². The van der Waals surface area contributed by atoms with E-state index in [2.05, 4.69) is 31.0 Å². The minimum absolute atomic E-state index is 0.291. The Morgan fingerprint density at radius 3 is 3.00 bits per heavy atom. The molecule has 16 heavy (non-hydrogen) atoms. The third-order valence-corrected chi connectivity index (χ3v) is 3.29. The molecular weight excluding hydrogens is 198 g/mol. The van der Waals surface area contributed by atoms with Gasteiger partial charge in [-0.3, -0.25) is 4.79 Å². The highest BCUT2D eigenvalue weighted by atomic mass is 16.1. The zero-order valence-electron chi connectivity index (χ0n) is 10.1. The van der Waals surface area contributed by atoms with Crippen LogP contribution in [0.15, 0.2) is 18.2 Å². The molecule has 0 bridgehead atoms. The maximum atomic E-state index is 11.9. The Kier molecular flexibility index (Phi) is 3.28. The molecule has 0 amide bonds. The minimum Gasteiger partial charge on any atom is -0.374 e. The maximum absolute atomic E-state index is 11.9. The Hall–Kier alpha value is -1.31. The fourth-order valence-corrected chi connectivity index (χ4v) is 2.22. The zero-order valence-corrected chi connectivity index (χ0v) is 10.1. The van der Waals surface area contributed by atoms with Crippen molar-refractivity contribution in [3.05, 3.63) is 29.3 Å². The third kappa shape index (κ3) is 2.11. The van der Waals surface area contributed by atoms with Gasteiger partial charge in [0.25, 0.3) is 0 Å². The van der Waals surface area contributed by atoms with E-state index in [0.717, 1.165) is 31.4 Å². The first-order valence-electron chi connectivity index (χ1n) is 6.09. The normalized spacial score (nSPS) is 14.0. The SMILES string of the molecule is CCCCC(=O)c1ccc2c(c1)CCN2C. The van der Waals surface area contributed by atoms with Gasteiger partial charge < -0.3 is 4.90 Å². The van der Waals surface area contributed by atoms with Gasteiger partial charge >= 0.3 is 0 Å². The Labute approximate surface area is 97.3 Å². The van der Waals surface area contributed by atoms with Crippen LogP contribution < -0.4 is 4.90 Å². The molecule has 1 aromatic rings. The van der Waals surface area contributed by atoms with Crippen LogP contribution in [0.4, 0.5) is 5.69 Å². The van der Waals surface area contributed by atoms with Crippen molar-refractivity contribution >= 4 is 11.5 Å². The first-order valence-corrected chi connectivity index (χ1v) is 6.09. The summed E-state index contributed by atoms with van der Waals surface area (Å²) in [6.45, 7) is 3.19. The van der Waals surface area contributed by atoms with Crippen LogP contribution in [0.25, 0.3) is 0 Å². The van der Waals surface area contributed by atoms with Crippen molar-refractivity contribution in [3.8, 4) is 0 Å². The summed E-state index contributed by atoms with van der Waals surface area (Å²) in [4.78, 5) is 14.1. The largest absolute Gasteiger partial charge is 0.374 e. The van der Waals surface area contributed by atoms with Gasteiger partial charge in [-0.25, -0.2) is 0 Å². The molecule has 0 atom stereocenters. The highest BCUT2D eigenvalue weighted by molar-refractivity contribution is 5.96. The molecule has 1 aliphatic rings. The standard InChI is InChI=1S/C14H19NO/c1-3-4-5-14(16)12-6-7-13-11(10-12)8-9-15(13)2/h6-7,10H,3-5,8-9H2,1-2H3. The van der Waals surface area contributed by atoms with E-state index in [1.807, 2.05) is 6.07 Å². The molecule has 2 heteroatoms. The van der Waals surface area contributed by atoms with Crippen LogP contribution in [0, 0.1) is 0 Å². The zero-order chi connectivity index (χ0) is 11.5. The number of benzene rings is 1. The van der Waals surface area contributed by atoms with Crippen molar-refractivity contribution in [2.24, 2.45) is 0 Å². The number of nitrogens with zero attached hydrogens (tertiary/aromatic N) is 1. The number of carbonyl (C=O) groups excluding carboxylic acids is 1. The quantitative estimate of drug-likeness (QED) is 0.722. The number of anilines is 1. The molecule has 1 heterocycles. The lowest BCUT2D eigenvalue weighted by Gasteiger charge is -2.11. The van der Waals surface area contributed by atoms with Gasteiger partial charge in [-0.15, -0.1) is 0 Å². The molecule has 1 aromatic carbocycles. The van der Waals surface area contributed by atoms with Gasteiger partial charge in [-0.2, -0.15) is 0 Å². The predicted molar refractivity (Wildman–Crippen MR) is 67.3 cm³/mol. The molecule has 2 rings (SSSR count). The molecule has 2 nitrogen and oxygen atoms in total. The first kappa shape index (κ1) is 11.2. The van der Waals surface area contributed by atoms with Crippen LogP contribution in [0.2, 0.25) is 0 Å². The van der Waals surface area contributed by atoms with Crippen molar-refractivity contribution in [2.75, 3.05) is 18.5 Å². The van der Waals surface area contributed by atoms with E-state index in [1.54, 1.807) is 0 Å². The summed E-state index contributed by atoms with van der Waals surface area (Å²) in [5.74, 6) is 0.291. The van der Waals surface area contributed by atoms with E-state index in [1.165, 1.54) is 11.3 Å². The van der Waals surface area contributed by atoms with E-state index in [0.29, 0.717) is 12.2 Å². The van der Waals surface area contributed by atoms with Crippen molar-refractivity contribution in [3.63, 3.8) is 0 Å². The first-order chi connectivity index (χ1) is 7.72. The Bertz CT molecular complexity index is 398. The van der Waals surface area contributed by atoms with Gasteiger partial charge in [0, 0.05) is 31.3 Å². The maximum Gasteiger partial charge on any atom is 0.162 e. The van der Waals surface area contributed by atoms with Crippen molar-refractivity contribution < 1.29 is 4.79 Å². The number of likely N-dealkylation sites (N-methyl/N-ethyl adjacent to an activating group) is 1. The van der Waals surface area contributed by atoms with Crippen LogP contribution >= 0.6 is 0 Å². The van der Waals surface area contributed by atoms with Crippen LogP contribution in [-0.4, -0.2) is 19.4 Å². The van der Waals surface area contributed by atoms with Crippen molar-refractivity contribution in [1.82, 2.24) is 0 Å². The minimum atomic E-state index is 0.291. The number of Topliss-reactive ketones (excluding diaryl/α,β-unsaturated/α-hetero) is 1. The second kappa shape index (κ2) is 4.69. The molecule has 0 N–H and O–H groups in total. The Morgan fingerprint density at radius 2 is 2.25 bits per heavy atom. The van der Waals surface area contributed by atoms with E-state index < -0.39 is 0 Å². The van der Waals surface area contributed by atoms with Crippen LogP contribution in [-0.2, 0) is 6.42 Å². The summed E-state index contributed by atoms with van der Waals surface area (Å²) in [6, 6.07) is 6.14. The van der Waals surface area contributed by atoms with E-state index in [4.69, 9.17) is 0 Å². The van der Waals surface area contributed by atoms with Gasteiger partial charge in [-0.1, -0.05) is 13.3 Å². The molecule has 0 aromatic heterocycles. The van der Waals surface area contributed by atoms with Gasteiger partial charge in [0.05, 0.1) is 0 Å². The summed E-state index contributed by atoms with van der Waals surface area (Å²) < 4.78 is 0. The van der Waals surface area contributed by atoms with Gasteiger partial charge in [0.2, 0.25) is 0 Å². The summed E-state index contributed by atoms with van der Waals surface area (Å²) in [5, 5.41) is 0. The van der Waals surface area contributed by atoms with Crippen LogP contribution in [0.1, 0.15) is 42.1 Å². The third-order valence-electron chi connectivity index (χ3n) is 3.29. The second-order valence-corrected chi connectivity index (χ2v) is 4.54. The van der Waals surface area contributed by atoms with Crippen LogP contribution in [0.3, 0.4) is 0 Å². The van der Waals surface area contributed by atoms with Gasteiger partial charge in [0.1, 0.15) is 0 Å². The highest BCUT2D eigenvalue weighted by Crippen LogP contribution is 2.27. The molecule has 0 unspecified atom stereocenters. The fourth-order valence-electron chi connectivity index (χ4n) is 2.22. The monoisotopic (exact) mass is 217 g/mol. The van der Waals surface area contributed by atoms with Crippen molar-refractivity contribution in [1.29, 1.82) is 0 Å². The molecule has 1 aliphatic heterocycles. The smallest absolute Gasteiger partial charge is 0.162 e. The number of carbonyl (C=O) groups is 1. The van der Waals surface area contributed by atoms with E-state index >= 15 is 0 Å². The van der Waals surface area contributed by atoms with Gasteiger partial charge in [-0.05, 0) is 36.6 Å². The highest BCUT2D eigenvalue weighted by Gasteiger charge is 2.17. The summed E-state index contributed by atoms with van der Waals surface area (Å²) >= 11 is 0. The van der Waals surface area contributed by atoms with Gasteiger partial charge in [0.15, 0.2) is 5.78 Å². The lowest BCUT2D eigenvalue weighted by molar-refractivity contribution is 0.0979. The number of hydrogen-bond donors (Lipinski definition) is 0. The average molecular weight is 217 g/mol. The Morgan fingerprint density at radius 1 is 1.44 bits per heavy atom. The molecule has 0 radical (unpaired) electrons. The number of fused-ring (bicyclic) bond motifs is 1. The van der Waals surface area contributed by atoms with E-state index in [9.17, 15) is 4.79 Å². The summed E-state index contributed by atoms with van der Waals surface area (Å²) in [7, 11) is 2.10. The molecule has 0 spiro atoms. The summed E-state index contributed by atoms with van der Waals surface area (Å²) in [6.07, 6.45) is 3.83. The molecule has 0 fully saturated rings. The lowest BCUT2D eigenvalue weighted by atomic mass is 10.0. The predicted octanol–water partition coefficient (Wildman–Crippen LogP) is 3.05. The lowest BCUT2D eigenvalue weighted by Crippen LogP contribution is -2.12. The second-order valence-electron chi connectivity index (χ2n) is 4.54. The number of ketones is 1. The van der Waals surface area contributed by atoms with Crippen molar-refractivity contribution in [2.45, 2.75) is 32.6 Å². The fraction of sp³-hybridized carbons (Fsp3) is 0.500. The van der Waals surface area contributed by atoms with E-state index in [-0.39, 0.29) is 0 Å². The summed E-state index contributed by atoms with van der Waals surface area (Å²) in [5.41, 5.74) is 3.50. The number of unbranched alkanes of at least 4 members (excludes halogenated alkanes) is 1. The Balaban J connectivity index is 2.15. The number of hydrogen-bond acceptors (Lipinski definition) is 2. The average Bonchev–Trinajstić information content (AvgIpc) is 2.67. The molecule has 0 saturated heterocycles. The molecule has 0 aliphatic carbocycles.